The molecule has 0 radical (unpaired) electrons. The van der Waals surface area contributed by atoms with E-state index in [1.165, 1.54) is 12.4 Å². The van der Waals surface area contributed by atoms with Crippen LogP contribution in [0.4, 0.5) is 23.2 Å². The second-order valence-corrected chi connectivity index (χ2v) is 6.94. The Morgan fingerprint density at radius 1 is 1.00 bits per heavy atom. The largest absolute Gasteiger partial charge is 0.487 e. The molecule has 0 spiro atoms. The molecule has 0 unspecified atom stereocenters. The molecule has 5 nitrogen and oxygen atoms in total. The van der Waals surface area contributed by atoms with Crippen LogP contribution in [-0.4, -0.2) is 30.1 Å². The van der Waals surface area contributed by atoms with Crippen LogP contribution in [0.15, 0.2) is 48.8 Å². The van der Waals surface area contributed by atoms with E-state index >= 15 is 4.39 Å². The van der Waals surface area contributed by atoms with E-state index in [1.54, 1.807) is 6.07 Å². The molecule has 0 bridgehead atoms. The van der Waals surface area contributed by atoms with Gasteiger partial charge >= 0.3 is 0 Å². The topological polar surface area (TPSA) is 63.2 Å². The monoisotopic (exact) mass is 503 g/mol. The van der Waals surface area contributed by atoms with Crippen molar-refractivity contribution < 1.29 is 27.1 Å². The minimum absolute atomic E-state index is 0. The van der Waals surface area contributed by atoms with Gasteiger partial charge in [-0.3, -0.25) is 9.78 Å². The highest BCUT2D eigenvalue weighted by Gasteiger charge is 2.25. The van der Waals surface area contributed by atoms with Crippen LogP contribution in [0.1, 0.15) is 16.8 Å². The van der Waals surface area contributed by atoms with Crippen molar-refractivity contribution in [2.24, 2.45) is 0 Å². The summed E-state index contributed by atoms with van der Waals surface area (Å²) >= 11 is 0. The number of benzene rings is 2. The summed E-state index contributed by atoms with van der Waals surface area (Å²) in [4.78, 5) is 16.7. The van der Waals surface area contributed by atoms with Crippen LogP contribution >= 0.6 is 24.8 Å². The van der Waals surface area contributed by atoms with Gasteiger partial charge in [0.2, 0.25) is 0 Å². The van der Waals surface area contributed by atoms with Gasteiger partial charge in [0, 0.05) is 18.8 Å². The van der Waals surface area contributed by atoms with E-state index in [4.69, 9.17) is 4.74 Å². The zero-order chi connectivity index (χ0) is 22.0. The van der Waals surface area contributed by atoms with Crippen molar-refractivity contribution in [1.29, 1.82) is 0 Å². The third-order valence-electron chi connectivity index (χ3n) is 4.89. The van der Waals surface area contributed by atoms with E-state index in [0.29, 0.717) is 12.3 Å². The first kappa shape index (κ1) is 26.4. The standard InChI is InChI=1S/C22H17F4N3O2.2ClH/c23-14-2-1-3-15(24)19(14)20-16(25)5-4-13(21(20)26)22(30)29-17-11-28-9-7-18(17)31-12-6-8-27-10-12;;/h1-5,7,9,11-12,27H,6,8,10H2,(H,29,30);2*1H/t12-;;/m0../s1. The lowest BCUT2D eigenvalue weighted by atomic mass is 9.99. The van der Waals surface area contributed by atoms with Crippen LogP contribution in [0, 0.1) is 23.3 Å². The molecular weight excluding hydrogens is 485 g/mol. The van der Waals surface area contributed by atoms with Crippen LogP contribution in [0.25, 0.3) is 11.1 Å². The molecule has 1 aliphatic heterocycles. The number of hydrogen-bond donors (Lipinski definition) is 2. The predicted octanol–water partition coefficient (Wildman–Crippen LogP) is 5.14. The van der Waals surface area contributed by atoms with Crippen LogP contribution in [0.5, 0.6) is 5.75 Å². The van der Waals surface area contributed by atoms with Gasteiger partial charge in [-0.25, -0.2) is 17.6 Å². The number of nitrogens with one attached hydrogen (secondary N) is 2. The highest BCUT2D eigenvalue weighted by Crippen LogP contribution is 2.33. The fraction of sp³-hybridized carbons (Fsp3) is 0.182. The number of carbonyl (C=O) groups is 1. The normalized spacial score (nSPS) is 14.7. The van der Waals surface area contributed by atoms with E-state index in [0.717, 1.165) is 43.3 Å². The third kappa shape index (κ3) is 5.55. The average Bonchev–Trinajstić information content (AvgIpc) is 3.24. The molecule has 2 aromatic carbocycles. The van der Waals surface area contributed by atoms with Crippen molar-refractivity contribution in [2.75, 3.05) is 18.4 Å². The number of amides is 1. The third-order valence-corrected chi connectivity index (χ3v) is 4.89. The molecule has 1 fully saturated rings. The van der Waals surface area contributed by atoms with Crippen LogP contribution < -0.4 is 15.4 Å². The molecule has 0 saturated carbocycles. The Morgan fingerprint density at radius 2 is 1.70 bits per heavy atom. The number of ether oxygens (including phenoxy) is 1. The summed E-state index contributed by atoms with van der Waals surface area (Å²) in [6.45, 7) is 1.44. The highest BCUT2D eigenvalue weighted by molar-refractivity contribution is 6.06. The first-order chi connectivity index (χ1) is 15.0. The number of anilines is 1. The molecule has 0 aliphatic carbocycles. The maximum atomic E-state index is 15.1. The Hall–Kier alpha value is -2.88. The van der Waals surface area contributed by atoms with Gasteiger partial charge in [0.25, 0.3) is 5.91 Å². The molecule has 1 aliphatic rings. The highest BCUT2D eigenvalue weighted by atomic mass is 35.5. The Balaban J connectivity index is 0.00000193. The van der Waals surface area contributed by atoms with Crippen LogP contribution in [-0.2, 0) is 0 Å². The van der Waals surface area contributed by atoms with Crippen molar-refractivity contribution in [3.63, 3.8) is 0 Å². The number of hydrogen-bond acceptors (Lipinski definition) is 4. The lowest BCUT2D eigenvalue weighted by Gasteiger charge is -2.16. The number of rotatable bonds is 5. The second kappa shape index (κ2) is 11.3. The van der Waals surface area contributed by atoms with Gasteiger partial charge in [-0.15, -0.1) is 24.8 Å². The van der Waals surface area contributed by atoms with Crippen LogP contribution in [0.2, 0.25) is 0 Å². The molecule has 33 heavy (non-hydrogen) atoms. The maximum Gasteiger partial charge on any atom is 0.258 e. The Morgan fingerprint density at radius 3 is 2.36 bits per heavy atom. The average molecular weight is 504 g/mol. The summed E-state index contributed by atoms with van der Waals surface area (Å²) in [5, 5.41) is 5.62. The minimum Gasteiger partial charge on any atom is -0.487 e. The molecule has 1 atom stereocenters. The SMILES string of the molecule is Cl.Cl.O=C(Nc1cnccc1O[C@H]1CCNC1)c1ccc(F)c(-c2c(F)cccc2F)c1F. The van der Waals surface area contributed by atoms with Crippen molar-refractivity contribution in [3.8, 4) is 16.9 Å². The lowest BCUT2D eigenvalue weighted by molar-refractivity contribution is 0.102. The van der Waals surface area contributed by atoms with Gasteiger partial charge < -0.3 is 15.4 Å². The van der Waals surface area contributed by atoms with E-state index in [-0.39, 0.29) is 36.6 Å². The maximum absolute atomic E-state index is 15.1. The van der Waals surface area contributed by atoms with Gasteiger partial charge in [0.05, 0.1) is 22.9 Å². The molecule has 11 heteroatoms. The first-order valence-electron chi connectivity index (χ1n) is 9.51. The molecule has 4 rings (SSSR count). The second-order valence-electron chi connectivity index (χ2n) is 6.94. The number of carbonyl (C=O) groups excluding carboxylic acids is 1. The quantitative estimate of drug-likeness (QED) is 0.473. The van der Waals surface area contributed by atoms with E-state index in [2.05, 4.69) is 15.6 Å². The predicted molar refractivity (Wildman–Crippen MR) is 120 cm³/mol. The number of halogens is 6. The Kier molecular flexibility index (Phi) is 9.04. The molecule has 2 N–H and O–H groups in total. The van der Waals surface area contributed by atoms with Gasteiger partial charge in [-0.2, -0.15) is 0 Å². The summed E-state index contributed by atoms with van der Waals surface area (Å²) in [5.74, 6) is -5.49. The number of nitrogens with zero attached hydrogens (tertiary/aromatic N) is 1. The lowest BCUT2D eigenvalue weighted by Crippen LogP contribution is -2.21. The summed E-state index contributed by atoms with van der Waals surface area (Å²) in [7, 11) is 0. The van der Waals surface area contributed by atoms with Crippen LogP contribution in [0.3, 0.4) is 0 Å². The van der Waals surface area contributed by atoms with Crippen molar-refractivity contribution in [2.45, 2.75) is 12.5 Å². The van der Waals surface area contributed by atoms with Gasteiger partial charge in [-0.1, -0.05) is 6.07 Å². The van der Waals surface area contributed by atoms with Gasteiger partial charge in [-0.05, 0) is 37.2 Å². The molecule has 1 amide bonds. The van der Waals surface area contributed by atoms with E-state index in [1.807, 2.05) is 0 Å². The van der Waals surface area contributed by atoms with E-state index in [9.17, 15) is 18.0 Å². The fourth-order valence-electron chi connectivity index (χ4n) is 3.37. The fourth-order valence-corrected chi connectivity index (χ4v) is 3.37. The zero-order valence-electron chi connectivity index (χ0n) is 16.9. The number of aromatic nitrogens is 1. The summed E-state index contributed by atoms with van der Waals surface area (Å²) in [5.41, 5.74) is -2.24. The minimum atomic E-state index is -1.38. The first-order valence-corrected chi connectivity index (χ1v) is 9.51. The van der Waals surface area contributed by atoms with Crippen molar-refractivity contribution >= 4 is 36.4 Å². The smallest absolute Gasteiger partial charge is 0.258 e. The van der Waals surface area contributed by atoms with Crippen molar-refractivity contribution in [1.82, 2.24) is 10.3 Å². The Labute approximate surface area is 199 Å². The zero-order valence-corrected chi connectivity index (χ0v) is 18.5. The summed E-state index contributed by atoms with van der Waals surface area (Å²) < 4.78 is 63.5. The van der Waals surface area contributed by atoms with Gasteiger partial charge in [0.1, 0.15) is 40.8 Å². The van der Waals surface area contributed by atoms with Gasteiger partial charge in [0.15, 0.2) is 0 Å². The number of pyridine rings is 1. The Bertz CT molecular complexity index is 1120. The summed E-state index contributed by atoms with van der Waals surface area (Å²) in [6, 6.07) is 6.06. The molecule has 3 aromatic rings. The molecule has 2 heterocycles. The molecular formula is C22H19Cl2F4N3O2. The molecule has 1 aromatic heterocycles. The molecule has 176 valence electrons. The molecule has 1 saturated heterocycles. The summed E-state index contributed by atoms with van der Waals surface area (Å²) in [6.07, 6.45) is 3.48. The van der Waals surface area contributed by atoms with Crippen molar-refractivity contribution in [3.05, 3.63) is 77.6 Å². The van der Waals surface area contributed by atoms with E-state index < -0.39 is 45.9 Å².